The molecule has 0 unspecified atom stereocenters. The van der Waals surface area contributed by atoms with Crippen molar-refractivity contribution in [2.45, 2.75) is 12.5 Å². The molecule has 1 heterocycles. The zero-order valence-electron chi connectivity index (χ0n) is 14.9. The van der Waals surface area contributed by atoms with E-state index in [9.17, 15) is 5.11 Å². The molecule has 1 atom stereocenters. The van der Waals surface area contributed by atoms with Crippen molar-refractivity contribution >= 4 is 11.6 Å². The molecule has 5 rings (SSSR count). The van der Waals surface area contributed by atoms with Crippen molar-refractivity contribution in [1.29, 1.82) is 0 Å². The Labute approximate surface area is 157 Å². The summed E-state index contributed by atoms with van der Waals surface area (Å²) in [6.07, 6.45) is 0.375. The number of rotatable bonds is 2. The van der Waals surface area contributed by atoms with Crippen molar-refractivity contribution in [2.24, 2.45) is 5.10 Å². The number of nitrogens with zero attached hydrogens (tertiary/aromatic N) is 2. The van der Waals surface area contributed by atoms with Gasteiger partial charge in [0, 0.05) is 11.5 Å². The third-order valence-corrected chi connectivity index (χ3v) is 5.27. The Morgan fingerprint density at radius 3 is 1.96 bits per heavy atom. The van der Waals surface area contributed by atoms with Crippen molar-refractivity contribution in [2.75, 3.05) is 7.11 Å². The van der Waals surface area contributed by atoms with Gasteiger partial charge in [-0.1, -0.05) is 41.1 Å². The first-order chi connectivity index (χ1) is 13.3. The van der Waals surface area contributed by atoms with Gasteiger partial charge in [-0.25, -0.2) is 0 Å². The highest BCUT2D eigenvalue weighted by atomic mass is 16.5. The van der Waals surface area contributed by atoms with Gasteiger partial charge in [-0.3, -0.25) is 0 Å². The standard InChI is InChI=1S/C23H18N2O2/c1-27-16-12-10-15(11-13-16)21-14-22(26)24-25(21)23-19-8-4-2-6-17(19)18-7-3-5-9-20(18)23/h2-13,21H,14H2,1H3/t21-/m1/s1. The Kier molecular flexibility index (Phi) is 3.57. The molecule has 0 amide bonds. The highest BCUT2D eigenvalue weighted by Crippen LogP contribution is 2.39. The maximum Gasteiger partial charge on any atom is 0.248 e. The fourth-order valence-corrected chi connectivity index (χ4v) is 4.01. The summed E-state index contributed by atoms with van der Waals surface area (Å²) < 4.78 is 7.17. The van der Waals surface area contributed by atoms with Crippen LogP contribution >= 0.6 is 0 Å². The lowest BCUT2D eigenvalue weighted by Crippen LogP contribution is -2.19. The Hall–Kier alpha value is -3.40. The minimum atomic E-state index is -0.113. The van der Waals surface area contributed by atoms with Crippen molar-refractivity contribution in [3.05, 3.63) is 89.5 Å². The van der Waals surface area contributed by atoms with Gasteiger partial charge in [-0.15, -0.1) is 0 Å². The summed E-state index contributed by atoms with van der Waals surface area (Å²) in [5.74, 6) is 0.709. The summed E-state index contributed by atoms with van der Waals surface area (Å²) in [6, 6.07) is 24.4. The average molecular weight is 354 g/mol. The SMILES string of the molecule is COc1ccc([C@H]2CC([O-])=N[N+]2=C2c3ccccc3-c3ccccc32)cc1. The van der Waals surface area contributed by atoms with E-state index >= 15 is 0 Å². The van der Waals surface area contributed by atoms with Gasteiger partial charge in [0.2, 0.25) is 11.8 Å². The van der Waals surface area contributed by atoms with Crippen LogP contribution in [0.1, 0.15) is 29.2 Å². The van der Waals surface area contributed by atoms with Gasteiger partial charge < -0.3 is 9.84 Å². The van der Waals surface area contributed by atoms with E-state index in [0.29, 0.717) is 6.42 Å². The van der Waals surface area contributed by atoms with Crippen molar-refractivity contribution < 1.29 is 14.5 Å². The molecule has 4 heteroatoms. The molecule has 2 aliphatic rings. The molecule has 0 spiro atoms. The lowest BCUT2D eigenvalue weighted by Gasteiger charge is -2.10. The molecule has 0 fully saturated rings. The predicted molar refractivity (Wildman–Crippen MR) is 103 cm³/mol. The zero-order chi connectivity index (χ0) is 18.4. The molecule has 1 aliphatic heterocycles. The molecule has 1 aliphatic carbocycles. The molecule has 3 aromatic rings. The summed E-state index contributed by atoms with van der Waals surface area (Å²) in [6.45, 7) is 0. The van der Waals surface area contributed by atoms with E-state index < -0.39 is 0 Å². The lowest BCUT2D eigenvalue weighted by molar-refractivity contribution is -0.567. The highest BCUT2D eigenvalue weighted by molar-refractivity contribution is 6.22. The largest absolute Gasteiger partial charge is 0.857 e. The minimum absolute atomic E-state index is 0.0924. The molecule has 3 aromatic carbocycles. The fraction of sp³-hybridized carbons (Fsp3) is 0.130. The zero-order valence-corrected chi connectivity index (χ0v) is 14.9. The molecule has 0 saturated carbocycles. The van der Waals surface area contributed by atoms with Crippen LogP contribution in [0.5, 0.6) is 5.75 Å². The molecule has 0 N–H and O–H groups in total. The summed E-state index contributed by atoms with van der Waals surface area (Å²) in [5, 5.41) is 16.7. The van der Waals surface area contributed by atoms with E-state index in [1.165, 1.54) is 11.1 Å². The molecular weight excluding hydrogens is 336 g/mol. The van der Waals surface area contributed by atoms with E-state index in [-0.39, 0.29) is 11.9 Å². The van der Waals surface area contributed by atoms with Crippen LogP contribution < -0.4 is 9.84 Å². The van der Waals surface area contributed by atoms with Crippen LogP contribution in [-0.2, 0) is 0 Å². The van der Waals surface area contributed by atoms with Crippen LogP contribution in [0, 0.1) is 0 Å². The topological polar surface area (TPSA) is 47.7 Å². The molecule has 27 heavy (non-hydrogen) atoms. The third-order valence-electron chi connectivity index (χ3n) is 5.27. The van der Waals surface area contributed by atoms with E-state index in [1.54, 1.807) is 7.11 Å². The van der Waals surface area contributed by atoms with Gasteiger partial charge in [0.1, 0.15) is 5.75 Å². The number of hydrogen-bond donors (Lipinski definition) is 0. The Bertz CT molecular complexity index is 1050. The Balaban J connectivity index is 1.73. The molecule has 0 radical (unpaired) electrons. The average Bonchev–Trinajstić information content (AvgIpc) is 3.25. The Morgan fingerprint density at radius 2 is 1.41 bits per heavy atom. The summed E-state index contributed by atoms with van der Waals surface area (Å²) in [7, 11) is 1.65. The minimum Gasteiger partial charge on any atom is -0.857 e. The lowest BCUT2D eigenvalue weighted by atomic mass is 10.0. The molecule has 0 aromatic heterocycles. The first-order valence-electron chi connectivity index (χ1n) is 9.00. The number of hydrogen-bond acceptors (Lipinski definition) is 3. The van der Waals surface area contributed by atoms with Crippen LogP contribution in [-0.4, -0.2) is 23.4 Å². The smallest absolute Gasteiger partial charge is 0.248 e. The second-order valence-corrected chi connectivity index (χ2v) is 6.77. The van der Waals surface area contributed by atoms with Crippen molar-refractivity contribution in [3.8, 4) is 16.9 Å². The van der Waals surface area contributed by atoms with Gasteiger partial charge in [0.15, 0.2) is 0 Å². The van der Waals surface area contributed by atoms with Crippen LogP contribution in [0.4, 0.5) is 0 Å². The Morgan fingerprint density at radius 1 is 0.852 bits per heavy atom. The van der Waals surface area contributed by atoms with E-state index in [4.69, 9.17) is 4.74 Å². The normalized spacial score (nSPS) is 17.5. The second kappa shape index (κ2) is 6.09. The first-order valence-corrected chi connectivity index (χ1v) is 9.00. The van der Waals surface area contributed by atoms with Gasteiger partial charge in [0.05, 0.1) is 24.7 Å². The first kappa shape index (κ1) is 15.8. The molecule has 4 nitrogen and oxygen atoms in total. The van der Waals surface area contributed by atoms with Crippen molar-refractivity contribution in [3.63, 3.8) is 0 Å². The third kappa shape index (κ3) is 2.45. The van der Waals surface area contributed by atoms with Gasteiger partial charge in [-0.2, -0.15) is 0 Å². The molecule has 0 bridgehead atoms. The molecule has 0 saturated heterocycles. The van der Waals surface area contributed by atoms with Crippen LogP contribution in [0.3, 0.4) is 0 Å². The number of methoxy groups -OCH3 is 1. The highest BCUT2D eigenvalue weighted by Gasteiger charge is 2.39. The van der Waals surface area contributed by atoms with E-state index in [0.717, 1.165) is 28.2 Å². The monoisotopic (exact) mass is 354 g/mol. The number of hydrazone groups is 1. The molecule has 132 valence electrons. The fourth-order valence-electron chi connectivity index (χ4n) is 4.01. The van der Waals surface area contributed by atoms with E-state index in [1.807, 2.05) is 53.2 Å². The maximum atomic E-state index is 12.3. The van der Waals surface area contributed by atoms with Crippen LogP contribution in [0.2, 0.25) is 0 Å². The van der Waals surface area contributed by atoms with Crippen LogP contribution in [0.25, 0.3) is 11.1 Å². The predicted octanol–water partition coefficient (Wildman–Crippen LogP) is 3.34. The number of benzene rings is 3. The van der Waals surface area contributed by atoms with E-state index in [2.05, 4.69) is 29.4 Å². The summed E-state index contributed by atoms with van der Waals surface area (Å²) in [5.41, 5.74) is 6.68. The summed E-state index contributed by atoms with van der Waals surface area (Å²) in [4.78, 5) is 0. The van der Waals surface area contributed by atoms with Crippen LogP contribution in [0.15, 0.2) is 77.9 Å². The number of fused-ring (bicyclic) bond motifs is 3. The van der Waals surface area contributed by atoms with Crippen molar-refractivity contribution in [1.82, 2.24) is 0 Å². The van der Waals surface area contributed by atoms with Gasteiger partial charge >= 0.3 is 0 Å². The summed E-state index contributed by atoms with van der Waals surface area (Å²) >= 11 is 0. The quantitative estimate of drug-likeness (QED) is 0.518. The van der Waals surface area contributed by atoms with Gasteiger partial charge in [-0.05, 0) is 52.6 Å². The second-order valence-electron chi connectivity index (χ2n) is 6.77. The van der Waals surface area contributed by atoms with Gasteiger partial charge in [0.25, 0.3) is 0 Å². The maximum absolute atomic E-state index is 12.3. The number of ether oxygens (including phenoxy) is 1. The molecular formula is C23H18N2O2.